The molecule has 1 aromatic rings. The van der Waals surface area contributed by atoms with Crippen LogP contribution in [0.3, 0.4) is 0 Å². The Balaban J connectivity index is 1.78. The third-order valence-electron chi connectivity index (χ3n) is 4.78. The van der Waals surface area contributed by atoms with Gasteiger partial charge in [0.1, 0.15) is 6.17 Å². The summed E-state index contributed by atoms with van der Waals surface area (Å²) in [5.74, 6) is -0.0381. The van der Waals surface area contributed by atoms with Crippen LogP contribution in [0.4, 0.5) is 8.78 Å². The van der Waals surface area contributed by atoms with E-state index in [-0.39, 0.29) is 24.4 Å². The average Bonchev–Trinajstić information content (AvgIpc) is 3.08. The second-order valence-electron chi connectivity index (χ2n) is 6.10. The number of amides is 2. The molecule has 2 aliphatic heterocycles. The summed E-state index contributed by atoms with van der Waals surface area (Å²) in [6.45, 7) is 1.57. The highest BCUT2D eigenvalue weighted by atomic mass is 19.3. The topological polar surface area (TPSA) is 58.4 Å². The number of carbonyl (C=O) groups is 2. The summed E-state index contributed by atoms with van der Waals surface area (Å²) >= 11 is 0. The molecule has 2 saturated heterocycles. The molecule has 0 radical (unpaired) electrons. The van der Waals surface area contributed by atoms with E-state index in [2.05, 4.69) is 5.10 Å². The molecule has 1 aromatic heterocycles. The highest BCUT2D eigenvalue weighted by Crippen LogP contribution is 2.27. The molecule has 3 heterocycles. The molecule has 2 aliphatic rings. The number of aryl methyl sites for hydroxylation is 1. The van der Waals surface area contributed by atoms with Crippen molar-refractivity contribution >= 4 is 11.8 Å². The van der Waals surface area contributed by atoms with E-state index >= 15 is 0 Å². The van der Waals surface area contributed by atoms with Gasteiger partial charge in [-0.05, 0) is 26.7 Å². The Morgan fingerprint density at radius 2 is 2.09 bits per heavy atom. The lowest BCUT2D eigenvalue weighted by molar-refractivity contribution is -0.150. The van der Waals surface area contributed by atoms with Crippen LogP contribution < -0.4 is 0 Å². The van der Waals surface area contributed by atoms with E-state index in [9.17, 15) is 18.4 Å². The molecule has 1 atom stereocenters. The maximum Gasteiger partial charge on any atom is 0.333 e. The Bertz CT molecular complexity index is 644. The first-order valence-corrected chi connectivity index (χ1v) is 7.82. The zero-order valence-corrected chi connectivity index (χ0v) is 13.3. The number of nitrogens with zero attached hydrogens (tertiary/aromatic N) is 4. The molecule has 0 N–H and O–H groups in total. The smallest absolute Gasteiger partial charge is 0.322 e. The van der Waals surface area contributed by atoms with Crippen LogP contribution in [-0.2, 0) is 16.0 Å². The van der Waals surface area contributed by atoms with Gasteiger partial charge in [0.25, 0.3) is 0 Å². The highest BCUT2D eigenvalue weighted by molar-refractivity contribution is 5.84. The van der Waals surface area contributed by atoms with Crippen molar-refractivity contribution < 1.29 is 18.4 Å². The van der Waals surface area contributed by atoms with Gasteiger partial charge >= 0.3 is 6.55 Å². The van der Waals surface area contributed by atoms with E-state index in [1.165, 1.54) is 0 Å². The van der Waals surface area contributed by atoms with E-state index in [1.54, 1.807) is 23.6 Å². The molecular weight excluding hydrogens is 306 g/mol. The normalized spacial score (nSPS) is 21.3. The molecule has 2 fully saturated rings. The summed E-state index contributed by atoms with van der Waals surface area (Å²) in [6.07, 6.45) is 1.88. The van der Waals surface area contributed by atoms with Crippen LogP contribution in [0.15, 0.2) is 0 Å². The summed E-state index contributed by atoms with van der Waals surface area (Å²) in [7, 11) is 0. The number of rotatable bonds is 3. The van der Waals surface area contributed by atoms with Crippen LogP contribution in [0.5, 0.6) is 0 Å². The van der Waals surface area contributed by atoms with Crippen LogP contribution in [0.25, 0.3) is 0 Å². The molecule has 0 saturated carbocycles. The quantitative estimate of drug-likeness (QED) is 0.848. The zero-order chi connectivity index (χ0) is 16.7. The van der Waals surface area contributed by atoms with Crippen molar-refractivity contribution in [1.82, 2.24) is 19.6 Å². The first-order valence-electron chi connectivity index (χ1n) is 7.82. The average molecular weight is 326 g/mol. The first kappa shape index (κ1) is 15.9. The molecule has 23 heavy (non-hydrogen) atoms. The molecule has 1 unspecified atom stereocenters. The minimum absolute atomic E-state index is 0.0446. The molecule has 8 heteroatoms. The Kier molecular flexibility index (Phi) is 4.08. The van der Waals surface area contributed by atoms with Crippen molar-refractivity contribution in [2.45, 2.75) is 52.2 Å². The molecule has 6 nitrogen and oxygen atoms in total. The van der Waals surface area contributed by atoms with Crippen molar-refractivity contribution in [1.29, 1.82) is 0 Å². The molecular formula is C15H20F2N4O2. The van der Waals surface area contributed by atoms with Crippen molar-refractivity contribution in [3.05, 3.63) is 17.0 Å². The molecule has 0 aromatic carbocycles. The molecule has 3 rings (SSSR count). The van der Waals surface area contributed by atoms with Crippen LogP contribution >= 0.6 is 0 Å². The lowest BCUT2D eigenvalue weighted by Gasteiger charge is -2.39. The van der Waals surface area contributed by atoms with Crippen molar-refractivity contribution in [2.24, 2.45) is 0 Å². The van der Waals surface area contributed by atoms with Gasteiger partial charge in [0.05, 0.1) is 12.1 Å². The fourth-order valence-corrected chi connectivity index (χ4v) is 3.56. The van der Waals surface area contributed by atoms with E-state index in [0.717, 1.165) is 12.8 Å². The number of fused-ring (bicyclic) bond motifs is 1. The van der Waals surface area contributed by atoms with Gasteiger partial charge in [0, 0.05) is 30.8 Å². The van der Waals surface area contributed by atoms with E-state index in [4.69, 9.17) is 0 Å². The third kappa shape index (κ3) is 2.70. The standard InChI is InChI=1S/C15H20F2N4O2/c1-9-11(10(2)21(18-9)15(16)17)8-14(23)20-7-5-13(22)19-6-3-4-12(19)20/h12,15H,3-8H2,1-2H3. The lowest BCUT2D eigenvalue weighted by Crippen LogP contribution is -2.55. The minimum Gasteiger partial charge on any atom is -0.322 e. The summed E-state index contributed by atoms with van der Waals surface area (Å²) in [5, 5.41) is 3.82. The second kappa shape index (κ2) is 5.90. The van der Waals surface area contributed by atoms with Crippen LogP contribution in [0.2, 0.25) is 0 Å². The van der Waals surface area contributed by atoms with Gasteiger partial charge in [-0.15, -0.1) is 0 Å². The monoisotopic (exact) mass is 326 g/mol. The van der Waals surface area contributed by atoms with Crippen molar-refractivity contribution in [3.8, 4) is 0 Å². The van der Waals surface area contributed by atoms with Gasteiger partial charge in [0.15, 0.2) is 0 Å². The van der Waals surface area contributed by atoms with Crippen molar-refractivity contribution in [2.75, 3.05) is 13.1 Å². The fourth-order valence-electron chi connectivity index (χ4n) is 3.56. The molecule has 0 aliphatic carbocycles. The zero-order valence-electron chi connectivity index (χ0n) is 13.3. The molecule has 0 bridgehead atoms. The van der Waals surface area contributed by atoms with Crippen LogP contribution in [-0.4, -0.2) is 50.6 Å². The summed E-state index contributed by atoms with van der Waals surface area (Å²) in [6, 6.07) is 0. The number of hydrogen-bond donors (Lipinski definition) is 0. The van der Waals surface area contributed by atoms with E-state index in [1.807, 2.05) is 0 Å². The Hall–Kier alpha value is -1.99. The van der Waals surface area contributed by atoms with Gasteiger partial charge in [-0.3, -0.25) is 9.59 Å². The maximum absolute atomic E-state index is 12.9. The Labute approximate surface area is 133 Å². The second-order valence-corrected chi connectivity index (χ2v) is 6.10. The van der Waals surface area contributed by atoms with Crippen molar-refractivity contribution in [3.63, 3.8) is 0 Å². The van der Waals surface area contributed by atoms with E-state index < -0.39 is 6.55 Å². The van der Waals surface area contributed by atoms with Crippen LogP contribution in [0.1, 0.15) is 42.8 Å². The van der Waals surface area contributed by atoms with Gasteiger partial charge in [-0.25, -0.2) is 4.68 Å². The fraction of sp³-hybridized carbons (Fsp3) is 0.667. The number of hydrogen-bond acceptors (Lipinski definition) is 3. The molecule has 0 spiro atoms. The van der Waals surface area contributed by atoms with Gasteiger partial charge in [0.2, 0.25) is 11.8 Å². The largest absolute Gasteiger partial charge is 0.333 e. The number of carbonyl (C=O) groups excluding carboxylic acids is 2. The lowest BCUT2D eigenvalue weighted by atomic mass is 10.1. The highest BCUT2D eigenvalue weighted by Gasteiger charge is 2.39. The molecule has 126 valence electrons. The minimum atomic E-state index is -2.71. The third-order valence-corrected chi connectivity index (χ3v) is 4.78. The maximum atomic E-state index is 12.9. The van der Waals surface area contributed by atoms with Gasteiger partial charge < -0.3 is 9.80 Å². The van der Waals surface area contributed by atoms with Crippen LogP contribution in [0, 0.1) is 13.8 Å². The van der Waals surface area contributed by atoms with Gasteiger partial charge in [-0.2, -0.15) is 13.9 Å². The Morgan fingerprint density at radius 1 is 1.35 bits per heavy atom. The summed E-state index contributed by atoms with van der Waals surface area (Å²) in [5.41, 5.74) is 1.33. The first-order chi connectivity index (χ1) is 10.9. The molecule has 2 amide bonds. The summed E-state index contributed by atoms with van der Waals surface area (Å²) < 4.78 is 26.4. The number of halogens is 2. The van der Waals surface area contributed by atoms with E-state index in [0.29, 0.717) is 41.1 Å². The number of aromatic nitrogens is 2. The van der Waals surface area contributed by atoms with Gasteiger partial charge in [-0.1, -0.05) is 0 Å². The number of alkyl halides is 2. The Morgan fingerprint density at radius 3 is 2.74 bits per heavy atom. The summed E-state index contributed by atoms with van der Waals surface area (Å²) in [4.78, 5) is 28.0. The predicted octanol–water partition coefficient (Wildman–Crippen LogP) is 1.62. The predicted molar refractivity (Wildman–Crippen MR) is 77.7 cm³/mol. The SMILES string of the molecule is Cc1nn(C(F)F)c(C)c1CC(=O)N1CCC(=O)N2CCCC21.